The first-order valence-electron chi connectivity index (χ1n) is 12.2. The Morgan fingerprint density at radius 1 is 0.886 bits per heavy atom. The van der Waals surface area contributed by atoms with Gasteiger partial charge in [-0.1, -0.05) is 42.5 Å². The third-order valence-electron chi connectivity index (χ3n) is 7.06. The third kappa shape index (κ3) is 5.51. The summed E-state index contributed by atoms with van der Waals surface area (Å²) in [5.41, 5.74) is 0.0900. The molecule has 0 amide bonds. The van der Waals surface area contributed by atoms with E-state index in [1.165, 1.54) is 12.1 Å². The lowest BCUT2D eigenvalue weighted by Gasteiger charge is -2.36. The average Bonchev–Trinajstić information content (AvgIpc) is 2.86. The van der Waals surface area contributed by atoms with Crippen LogP contribution >= 0.6 is 0 Å². The Balaban J connectivity index is 1.26. The summed E-state index contributed by atoms with van der Waals surface area (Å²) in [6, 6.07) is 14.3. The van der Waals surface area contributed by atoms with Crippen LogP contribution in [-0.2, 0) is 12.7 Å². The maximum absolute atomic E-state index is 13.0. The second-order valence-electron chi connectivity index (χ2n) is 9.60. The first-order chi connectivity index (χ1) is 16.9. The van der Waals surface area contributed by atoms with Crippen molar-refractivity contribution in [2.75, 3.05) is 56.5 Å². The van der Waals surface area contributed by atoms with Crippen molar-refractivity contribution in [3.05, 3.63) is 59.7 Å². The summed E-state index contributed by atoms with van der Waals surface area (Å²) in [7, 11) is 2.15. The Hall–Kier alpha value is -2.91. The molecule has 2 fully saturated rings. The van der Waals surface area contributed by atoms with E-state index in [0.717, 1.165) is 80.6 Å². The third-order valence-corrected chi connectivity index (χ3v) is 7.06. The van der Waals surface area contributed by atoms with Crippen LogP contribution in [0.5, 0.6) is 0 Å². The van der Waals surface area contributed by atoms with Gasteiger partial charge in [0.15, 0.2) is 11.6 Å². The molecule has 6 nitrogen and oxygen atoms in total. The molecule has 5 rings (SSSR count). The van der Waals surface area contributed by atoms with Gasteiger partial charge in [-0.15, -0.1) is 10.2 Å². The highest BCUT2D eigenvalue weighted by Gasteiger charge is 2.30. The molecule has 2 saturated heterocycles. The van der Waals surface area contributed by atoms with Gasteiger partial charge in [0.05, 0.1) is 5.56 Å². The van der Waals surface area contributed by atoms with Crippen molar-refractivity contribution in [3.8, 4) is 0 Å². The van der Waals surface area contributed by atoms with Gasteiger partial charge in [-0.3, -0.25) is 4.90 Å². The van der Waals surface area contributed by atoms with Crippen LogP contribution in [0.15, 0.2) is 48.5 Å². The van der Waals surface area contributed by atoms with Crippen molar-refractivity contribution >= 4 is 22.4 Å². The summed E-state index contributed by atoms with van der Waals surface area (Å²) in [6.07, 6.45) is -2.15. The fourth-order valence-electron chi connectivity index (χ4n) is 5.00. The first-order valence-corrected chi connectivity index (χ1v) is 12.2. The smallest absolute Gasteiger partial charge is 0.365 e. The van der Waals surface area contributed by atoms with Crippen molar-refractivity contribution in [1.29, 1.82) is 0 Å². The number of fused-ring (bicyclic) bond motifs is 1. The normalized spacial score (nSPS) is 18.8. The monoisotopic (exact) mass is 484 g/mol. The van der Waals surface area contributed by atoms with Gasteiger partial charge in [0.1, 0.15) is 0 Å². The molecule has 0 aliphatic carbocycles. The molecular formula is C26H31F3N6. The Bertz CT molecular complexity index is 1150. The number of nitrogens with one attached hydrogen (secondary N) is 1. The van der Waals surface area contributed by atoms with E-state index in [1.54, 1.807) is 6.07 Å². The van der Waals surface area contributed by atoms with E-state index in [2.05, 4.69) is 49.4 Å². The van der Waals surface area contributed by atoms with E-state index >= 15 is 0 Å². The van der Waals surface area contributed by atoms with Gasteiger partial charge < -0.3 is 15.1 Å². The highest BCUT2D eigenvalue weighted by molar-refractivity contribution is 5.98. The maximum Gasteiger partial charge on any atom is 0.416 e. The van der Waals surface area contributed by atoms with E-state index in [0.29, 0.717) is 18.2 Å². The van der Waals surface area contributed by atoms with Crippen LogP contribution in [0, 0.1) is 0 Å². The number of anilines is 2. The maximum atomic E-state index is 13.0. The summed E-state index contributed by atoms with van der Waals surface area (Å²) >= 11 is 0. The molecule has 0 unspecified atom stereocenters. The van der Waals surface area contributed by atoms with Crippen molar-refractivity contribution in [1.82, 2.24) is 20.0 Å². The summed E-state index contributed by atoms with van der Waals surface area (Å²) in [4.78, 5) is 6.77. The first kappa shape index (κ1) is 23.8. The van der Waals surface area contributed by atoms with E-state index in [4.69, 9.17) is 0 Å². The van der Waals surface area contributed by atoms with Gasteiger partial charge in [-0.25, -0.2) is 0 Å². The lowest BCUT2D eigenvalue weighted by molar-refractivity contribution is -0.137. The SMILES string of the molecule is CN1CCC(Nc2nnc(N3CCN(Cc4cccc(C(F)(F)F)c4)CC3)c3ccccc23)CC1. The number of nitrogens with zero attached hydrogens (tertiary/aromatic N) is 5. The predicted molar refractivity (Wildman–Crippen MR) is 133 cm³/mol. The molecule has 2 aliphatic rings. The molecule has 35 heavy (non-hydrogen) atoms. The van der Waals surface area contributed by atoms with Crippen molar-refractivity contribution in [2.45, 2.75) is 31.6 Å². The number of hydrogen-bond acceptors (Lipinski definition) is 6. The zero-order valence-corrected chi connectivity index (χ0v) is 19.9. The number of likely N-dealkylation sites (tertiary alicyclic amines) is 1. The molecule has 1 N–H and O–H groups in total. The number of halogens is 3. The van der Waals surface area contributed by atoms with Crippen LogP contribution in [0.2, 0.25) is 0 Å². The number of rotatable bonds is 5. The second-order valence-corrected chi connectivity index (χ2v) is 9.60. The molecule has 2 aliphatic heterocycles. The largest absolute Gasteiger partial charge is 0.416 e. The van der Waals surface area contributed by atoms with Crippen molar-refractivity contribution < 1.29 is 13.2 Å². The quantitative estimate of drug-likeness (QED) is 0.577. The Morgan fingerprint density at radius 3 is 2.31 bits per heavy atom. The molecule has 0 radical (unpaired) electrons. The molecule has 0 atom stereocenters. The molecule has 1 aromatic heterocycles. The molecule has 3 heterocycles. The Kier molecular flexibility index (Phi) is 6.80. The van der Waals surface area contributed by atoms with Gasteiger partial charge in [0.2, 0.25) is 0 Å². The molecule has 186 valence electrons. The minimum absolute atomic E-state index is 0.397. The van der Waals surface area contributed by atoms with Gasteiger partial charge in [-0.05, 0) is 44.6 Å². The highest BCUT2D eigenvalue weighted by Crippen LogP contribution is 2.31. The summed E-state index contributed by atoms with van der Waals surface area (Å²) in [5, 5.41) is 15.0. The fraction of sp³-hybridized carbons (Fsp3) is 0.462. The average molecular weight is 485 g/mol. The Morgan fingerprint density at radius 2 is 1.60 bits per heavy atom. The molecular weight excluding hydrogens is 453 g/mol. The molecule has 0 saturated carbocycles. The fourth-order valence-corrected chi connectivity index (χ4v) is 5.00. The zero-order chi connectivity index (χ0) is 24.4. The molecule has 0 bridgehead atoms. The summed E-state index contributed by atoms with van der Waals surface area (Å²) in [6.45, 7) is 5.66. The highest BCUT2D eigenvalue weighted by atomic mass is 19.4. The van der Waals surface area contributed by atoms with Crippen LogP contribution in [0.3, 0.4) is 0 Å². The van der Waals surface area contributed by atoms with Crippen LogP contribution in [-0.4, -0.2) is 72.4 Å². The van der Waals surface area contributed by atoms with Gasteiger partial charge in [0, 0.05) is 49.5 Å². The summed E-state index contributed by atoms with van der Waals surface area (Å²) in [5.74, 6) is 1.70. The van der Waals surface area contributed by atoms with E-state index in [-0.39, 0.29) is 0 Å². The van der Waals surface area contributed by atoms with Gasteiger partial charge >= 0.3 is 6.18 Å². The van der Waals surface area contributed by atoms with Crippen molar-refractivity contribution in [2.24, 2.45) is 0 Å². The lowest BCUT2D eigenvalue weighted by Crippen LogP contribution is -2.46. The van der Waals surface area contributed by atoms with Crippen LogP contribution in [0.1, 0.15) is 24.0 Å². The van der Waals surface area contributed by atoms with Gasteiger partial charge in [0.25, 0.3) is 0 Å². The molecule has 9 heteroatoms. The number of piperidine rings is 1. The second kappa shape index (κ2) is 9.99. The summed E-state index contributed by atoms with van der Waals surface area (Å²) < 4.78 is 39.1. The number of aromatic nitrogens is 2. The van der Waals surface area contributed by atoms with Gasteiger partial charge in [-0.2, -0.15) is 13.2 Å². The molecule has 2 aromatic carbocycles. The van der Waals surface area contributed by atoms with Crippen LogP contribution < -0.4 is 10.2 Å². The number of hydrogen-bond donors (Lipinski definition) is 1. The molecule has 0 spiro atoms. The topological polar surface area (TPSA) is 47.5 Å². The number of benzene rings is 2. The van der Waals surface area contributed by atoms with E-state index < -0.39 is 11.7 Å². The number of piperazine rings is 1. The minimum atomic E-state index is -4.32. The van der Waals surface area contributed by atoms with E-state index in [9.17, 15) is 13.2 Å². The zero-order valence-electron chi connectivity index (χ0n) is 19.9. The number of alkyl halides is 3. The minimum Gasteiger partial charge on any atom is -0.365 e. The lowest BCUT2D eigenvalue weighted by atomic mass is 10.0. The van der Waals surface area contributed by atoms with E-state index in [1.807, 2.05) is 12.1 Å². The Labute approximate surface area is 203 Å². The standard InChI is InChI=1S/C26H31F3N6/c1-33-11-9-21(10-12-33)30-24-22-7-2-3-8-23(22)25(32-31-24)35-15-13-34(14-16-35)18-19-5-4-6-20(17-19)26(27,28)29/h2-8,17,21H,9-16,18H2,1H3,(H,30,31). The van der Waals surface area contributed by atoms with Crippen LogP contribution in [0.4, 0.5) is 24.8 Å². The predicted octanol–water partition coefficient (Wildman–Crippen LogP) is 4.48. The van der Waals surface area contributed by atoms with Crippen LogP contribution in [0.25, 0.3) is 10.8 Å². The molecule has 3 aromatic rings. The van der Waals surface area contributed by atoms with Crippen molar-refractivity contribution in [3.63, 3.8) is 0 Å².